The largest absolute Gasteiger partial charge is 0.398 e. The number of nitrogen functional groups attached to an aromatic ring is 1. The number of nitrogens with two attached hydrogens (primary N) is 2. The molecule has 45 heavy (non-hydrogen) atoms. The molecule has 2 aromatic carbocycles. The smallest absolute Gasteiger partial charge is 0.226 e. The van der Waals surface area contributed by atoms with Gasteiger partial charge in [0.1, 0.15) is 5.82 Å². The molecular weight excluding hydrogens is 565 g/mol. The zero-order valence-electron chi connectivity index (χ0n) is 29.4. The quantitative estimate of drug-likeness (QED) is 0.112. The van der Waals surface area contributed by atoms with Crippen LogP contribution in [0.3, 0.4) is 0 Å². The molecule has 1 saturated heterocycles. The monoisotopic (exact) mass is 623 g/mol. The number of hydrogen-bond donors (Lipinski definition) is 6. The summed E-state index contributed by atoms with van der Waals surface area (Å²) in [4.78, 5) is 17.0. The Morgan fingerprint density at radius 2 is 1.69 bits per heavy atom. The van der Waals surface area contributed by atoms with E-state index in [0.717, 1.165) is 40.8 Å². The highest BCUT2D eigenvalue weighted by molar-refractivity contribution is 6.10. The van der Waals surface area contributed by atoms with E-state index in [1.807, 2.05) is 25.2 Å². The van der Waals surface area contributed by atoms with Crippen LogP contribution in [0.2, 0.25) is 0 Å². The van der Waals surface area contributed by atoms with Crippen molar-refractivity contribution in [2.24, 2.45) is 5.73 Å². The molecule has 8 N–H and O–H groups in total. The molecule has 2 heterocycles. The average molecular weight is 624 g/mol. The summed E-state index contributed by atoms with van der Waals surface area (Å²) in [6.07, 6.45) is 6.02. The van der Waals surface area contributed by atoms with Crippen LogP contribution in [0.1, 0.15) is 111 Å². The van der Waals surface area contributed by atoms with E-state index in [2.05, 4.69) is 75.9 Å². The number of halogens is 1. The molecule has 1 aliphatic heterocycles. The fourth-order valence-electron chi connectivity index (χ4n) is 5.96. The van der Waals surface area contributed by atoms with Gasteiger partial charge in [-0.1, -0.05) is 26.7 Å². The number of hydrogen-bond acceptors (Lipinski definition) is 6. The Bertz CT molecular complexity index is 1420. The second-order valence-corrected chi connectivity index (χ2v) is 14.0. The number of amides is 1. The minimum Gasteiger partial charge on any atom is -0.398 e. The Morgan fingerprint density at radius 1 is 1.11 bits per heavy atom. The molecule has 250 valence electrons. The zero-order chi connectivity index (χ0) is 34.3. The van der Waals surface area contributed by atoms with Crippen molar-refractivity contribution >= 4 is 40.1 Å². The Kier molecular flexibility index (Phi) is 13.0. The van der Waals surface area contributed by atoms with Crippen LogP contribution in [0.25, 0.3) is 10.9 Å². The number of anilines is 3. The number of fused-ring (bicyclic) bond motifs is 1. The van der Waals surface area contributed by atoms with Gasteiger partial charge in [-0.2, -0.15) is 0 Å². The van der Waals surface area contributed by atoms with Crippen molar-refractivity contribution in [3.05, 3.63) is 53.0 Å². The van der Waals surface area contributed by atoms with Gasteiger partial charge < -0.3 is 37.4 Å². The van der Waals surface area contributed by atoms with Gasteiger partial charge in [0.2, 0.25) is 5.91 Å². The summed E-state index contributed by atoms with van der Waals surface area (Å²) in [5.74, 6) is -0.991. The maximum absolute atomic E-state index is 13.3. The van der Waals surface area contributed by atoms with Gasteiger partial charge >= 0.3 is 0 Å². The summed E-state index contributed by atoms with van der Waals surface area (Å²) in [5.41, 5.74) is 17.1. The van der Waals surface area contributed by atoms with E-state index in [0.29, 0.717) is 22.9 Å². The van der Waals surface area contributed by atoms with Gasteiger partial charge in [-0.05, 0) is 104 Å². The number of unbranched alkanes of at least 4 members (excludes halogenated alkanes) is 1. The first-order chi connectivity index (χ1) is 20.9. The molecule has 3 aromatic rings. The van der Waals surface area contributed by atoms with E-state index in [1.165, 1.54) is 25.1 Å². The number of H-pyrrole nitrogens is 1. The van der Waals surface area contributed by atoms with Crippen LogP contribution in [0.5, 0.6) is 0 Å². The Balaban J connectivity index is 0.000000283. The summed E-state index contributed by atoms with van der Waals surface area (Å²) in [6.45, 7) is 21.0. The number of carbonyl (C=O) groups excluding carboxylic acids is 1. The lowest BCUT2D eigenvalue weighted by molar-refractivity contribution is -0.119. The number of aromatic nitrogens is 1. The molecule has 8 nitrogen and oxygen atoms in total. The van der Waals surface area contributed by atoms with Crippen molar-refractivity contribution in [2.45, 2.75) is 124 Å². The summed E-state index contributed by atoms with van der Waals surface area (Å²) in [5, 5.41) is 15.8. The van der Waals surface area contributed by atoms with E-state index in [4.69, 9.17) is 16.9 Å². The second kappa shape index (κ2) is 15.6. The molecule has 1 aromatic heterocycles. The fourth-order valence-corrected chi connectivity index (χ4v) is 5.96. The maximum atomic E-state index is 13.3. The van der Waals surface area contributed by atoms with Crippen LogP contribution in [0.15, 0.2) is 30.3 Å². The minimum atomic E-state index is -0.455. The highest BCUT2D eigenvalue weighted by Gasteiger charge is 2.37. The maximum Gasteiger partial charge on any atom is 0.226 e. The normalized spacial score (nSPS) is 16.2. The molecule has 1 aliphatic rings. The van der Waals surface area contributed by atoms with Gasteiger partial charge in [0, 0.05) is 64.3 Å². The first kappa shape index (κ1) is 37.6. The van der Waals surface area contributed by atoms with Crippen molar-refractivity contribution in [1.82, 2.24) is 10.3 Å². The number of aryl methyl sites for hydroxylation is 1. The summed E-state index contributed by atoms with van der Waals surface area (Å²) < 4.78 is 13.3. The highest BCUT2D eigenvalue weighted by atomic mass is 19.1. The predicted molar refractivity (Wildman–Crippen MR) is 191 cm³/mol. The number of primary amides is 1. The molecule has 1 atom stereocenters. The highest BCUT2D eigenvalue weighted by Crippen LogP contribution is 2.39. The van der Waals surface area contributed by atoms with E-state index < -0.39 is 11.8 Å². The third-order valence-corrected chi connectivity index (χ3v) is 8.39. The van der Waals surface area contributed by atoms with Crippen LogP contribution in [-0.2, 0) is 4.79 Å². The van der Waals surface area contributed by atoms with Crippen molar-refractivity contribution < 1.29 is 9.18 Å². The zero-order valence-corrected chi connectivity index (χ0v) is 29.4. The lowest BCUT2D eigenvalue weighted by Crippen LogP contribution is -2.60. The Hall–Kier alpha value is -3.59. The summed E-state index contributed by atoms with van der Waals surface area (Å²) in [7, 11) is 1.96. The van der Waals surface area contributed by atoms with Crippen LogP contribution < -0.4 is 27.0 Å². The minimum absolute atomic E-state index is 0.120. The summed E-state index contributed by atoms with van der Waals surface area (Å²) in [6, 6.07) is 9.51. The van der Waals surface area contributed by atoms with Crippen LogP contribution in [-0.4, -0.2) is 47.3 Å². The molecule has 1 fully saturated rings. The number of aromatic amines is 1. The van der Waals surface area contributed by atoms with E-state index >= 15 is 0 Å². The number of carbonyl (C=O) groups is 1. The topological polar surface area (TPSA) is 136 Å². The van der Waals surface area contributed by atoms with Crippen molar-refractivity contribution in [2.75, 3.05) is 23.0 Å². The average Bonchev–Trinajstić information content (AvgIpc) is 3.32. The number of piperidine rings is 1. The standard InChI is InChI=1S/C16H25FN2.C16H23N5O.C4H10/c1-11-8-12(6-7-14(11)17)18-13-9-15(2,3)19-16(4,5)10-13;1-8(2)21(4)15-13-10(7-17)11(18)5-6-12(13)20-14(15)9(3)16(19)22;1-3-4-2/h6-8,13,18-19H,9-10H2,1-5H3;5-9,17,20H,18H2,1-4H3,(H2,19,22);3-4H2,1-2H3. The molecule has 0 saturated carbocycles. The predicted octanol–water partition coefficient (Wildman–Crippen LogP) is 7.84. The molecule has 1 amide bonds. The molecule has 0 bridgehead atoms. The number of benzene rings is 2. The van der Waals surface area contributed by atoms with Gasteiger partial charge in [-0.3, -0.25) is 4.79 Å². The second-order valence-electron chi connectivity index (χ2n) is 14.0. The molecule has 0 radical (unpaired) electrons. The first-order valence-corrected chi connectivity index (χ1v) is 16.2. The Labute approximate surface area is 270 Å². The third-order valence-electron chi connectivity index (χ3n) is 8.39. The van der Waals surface area contributed by atoms with Crippen LogP contribution in [0.4, 0.5) is 21.5 Å². The lowest BCUT2D eigenvalue weighted by atomic mass is 9.79. The van der Waals surface area contributed by atoms with Gasteiger partial charge in [-0.15, -0.1) is 0 Å². The number of rotatable bonds is 8. The van der Waals surface area contributed by atoms with Gasteiger partial charge in [0.25, 0.3) is 0 Å². The number of nitrogens with zero attached hydrogens (tertiary/aromatic N) is 1. The molecule has 9 heteroatoms. The van der Waals surface area contributed by atoms with Gasteiger partial charge in [0.15, 0.2) is 0 Å². The van der Waals surface area contributed by atoms with E-state index in [9.17, 15) is 9.18 Å². The lowest BCUT2D eigenvalue weighted by Gasteiger charge is -2.47. The van der Waals surface area contributed by atoms with E-state index in [-0.39, 0.29) is 22.9 Å². The fraction of sp³-hybridized carbons (Fsp3) is 0.556. The molecule has 0 aliphatic carbocycles. The Morgan fingerprint density at radius 3 is 2.16 bits per heavy atom. The van der Waals surface area contributed by atoms with Crippen molar-refractivity contribution in [1.29, 1.82) is 5.41 Å². The van der Waals surface area contributed by atoms with Gasteiger partial charge in [-0.25, -0.2) is 4.39 Å². The molecule has 0 spiro atoms. The van der Waals surface area contributed by atoms with Crippen LogP contribution >= 0.6 is 0 Å². The third kappa shape index (κ3) is 9.95. The number of nitrogens with one attached hydrogen (secondary N) is 4. The van der Waals surface area contributed by atoms with Crippen molar-refractivity contribution in [3.63, 3.8) is 0 Å². The summed E-state index contributed by atoms with van der Waals surface area (Å²) >= 11 is 0. The molecular formula is C36H58FN7O. The molecule has 4 rings (SSSR count). The van der Waals surface area contributed by atoms with Crippen molar-refractivity contribution in [3.8, 4) is 0 Å². The molecule has 1 unspecified atom stereocenters. The van der Waals surface area contributed by atoms with Crippen LogP contribution in [0, 0.1) is 18.2 Å². The first-order valence-electron chi connectivity index (χ1n) is 16.2. The SMILES string of the molecule is CC(C(N)=O)c1[nH]c2ccc(N)c(C=N)c2c1N(C)C(C)C.CCCC.Cc1cc(NC2CC(C)(C)NC(C)(C)C2)ccc1F. The van der Waals surface area contributed by atoms with Gasteiger partial charge in [0.05, 0.1) is 17.3 Å². The van der Waals surface area contributed by atoms with E-state index in [1.54, 1.807) is 19.9 Å².